The average Bonchev–Trinajstić information content (AvgIpc) is 3.07. The fraction of sp³-hybridized carbons (Fsp3) is 0.217. The van der Waals surface area contributed by atoms with Gasteiger partial charge in [0, 0.05) is 28.8 Å². The van der Waals surface area contributed by atoms with Crippen molar-refractivity contribution in [3.05, 3.63) is 71.0 Å². The number of carbonyl (C=O) groups is 2. The number of carbonyl (C=O) groups excluding carboxylic acids is 2. The number of hydrogen-bond acceptors (Lipinski definition) is 4. The van der Waals surface area contributed by atoms with Crippen LogP contribution in [-0.4, -0.2) is 26.3 Å². The minimum atomic E-state index is -0.136. The van der Waals surface area contributed by atoms with Crippen LogP contribution in [0.3, 0.4) is 0 Å². The highest BCUT2D eigenvalue weighted by Gasteiger charge is 2.15. The topological polar surface area (TPSA) is 76.4 Å². The van der Waals surface area contributed by atoms with Crippen LogP contribution in [0.4, 0.5) is 5.69 Å². The summed E-state index contributed by atoms with van der Waals surface area (Å²) in [4.78, 5) is 29.0. The Morgan fingerprint density at radius 3 is 2.55 bits per heavy atom. The van der Waals surface area contributed by atoms with Crippen LogP contribution in [0.5, 0.6) is 0 Å². The lowest BCUT2D eigenvalue weighted by molar-refractivity contribution is -0.116. The predicted octanol–water partition coefficient (Wildman–Crippen LogP) is 4.27. The third-order valence-electron chi connectivity index (χ3n) is 5.20. The van der Waals surface area contributed by atoms with Gasteiger partial charge in [-0.2, -0.15) is 5.10 Å². The standard InChI is InChI=1S/C23H22N4O2/c1-14-17(12-13-22(29)25-20-10-6-4-8-18(20)16(3)28)15(2)27-23(24-14)19-9-5-7-11-21(19)26-27/h4-11H,12-13H2,1-3H3,(H,25,29). The zero-order valence-electron chi connectivity index (χ0n) is 16.7. The predicted molar refractivity (Wildman–Crippen MR) is 113 cm³/mol. The minimum Gasteiger partial charge on any atom is -0.325 e. The molecule has 2 heterocycles. The largest absolute Gasteiger partial charge is 0.325 e. The number of aromatic nitrogens is 3. The van der Waals surface area contributed by atoms with E-state index < -0.39 is 0 Å². The highest BCUT2D eigenvalue weighted by molar-refractivity contribution is 6.03. The SMILES string of the molecule is CC(=O)c1ccccc1NC(=O)CCc1c(C)nc2c3ccccc3nn2c1C. The molecule has 2 aromatic heterocycles. The van der Waals surface area contributed by atoms with E-state index in [1.54, 1.807) is 24.3 Å². The number of rotatable bonds is 5. The van der Waals surface area contributed by atoms with Crippen molar-refractivity contribution in [1.29, 1.82) is 0 Å². The number of fused-ring (bicyclic) bond motifs is 3. The van der Waals surface area contributed by atoms with Gasteiger partial charge in [-0.25, -0.2) is 9.50 Å². The number of para-hydroxylation sites is 1. The number of nitrogens with one attached hydrogen (secondary N) is 1. The van der Waals surface area contributed by atoms with Crippen LogP contribution in [0.1, 0.15) is 40.7 Å². The third-order valence-corrected chi connectivity index (χ3v) is 5.20. The van der Waals surface area contributed by atoms with E-state index in [1.165, 1.54) is 6.92 Å². The number of aryl methyl sites for hydroxylation is 2. The molecule has 29 heavy (non-hydrogen) atoms. The maximum atomic E-state index is 12.5. The first-order valence-electron chi connectivity index (χ1n) is 9.59. The van der Waals surface area contributed by atoms with Gasteiger partial charge >= 0.3 is 0 Å². The molecule has 0 saturated carbocycles. The molecule has 0 aliphatic heterocycles. The van der Waals surface area contributed by atoms with Gasteiger partial charge in [0.15, 0.2) is 11.4 Å². The van der Waals surface area contributed by atoms with Crippen molar-refractivity contribution in [3.8, 4) is 0 Å². The lowest BCUT2D eigenvalue weighted by Crippen LogP contribution is -2.16. The molecule has 0 spiro atoms. The first-order chi connectivity index (χ1) is 14.0. The first-order valence-corrected chi connectivity index (χ1v) is 9.59. The van der Waals surface area contributed by atoms with Gasteiger partial charge in [-0.1, -0.05) is 24.3 Å². The molecular formula is C23H22N4O2. The van der Waals surface area contributed by atoms with Crippen LogP contribution < -0.4 is 5.32 Å². The first kappa shape index (κ1) is 18.8. The van der Waals surface area contributed by atoms with Gasteiger partial charge in [0.1, 0.15) is 0 Å². The Morgan fingerprint density at radius 1 is 1.03 bits per heavy atom. The molecule has 4 rings (SSSR count). The highest BCUT2D eigenvalue weighted by Crippen LogP contribution is 2.23. The van der Waals surface area contributed by atoms with Crippen molar-refractivity contribution in [2.24, 2.45) is 0 Å². The number of nitrogens with zero attached hydrogens (tertiary/aromatic N) is 3. The molecule has 6 nitrogen and oxygen atoms in total. The Labute approximate surface area is 168 Å². The summed E-state index contributed by atoms with van der Waals surface area (Å²) >= 11 is 0. The Bertz CT molecular complexity index is 1260. The van der Waals surface area contributed by atoms with Gasteiger partial charge in [0.05, 0.1) is 11.2 Å². The lowest BCUT2D eigenvalue weighted by Gasteiger charge is -2.12. The third kappa shape index (κ3) is 3.49. The fourth-order valence-electron chi connectivity index (χ4n) is 3.69. The van der Waals surface area contributed by atoms with Crippen molar-refractivity contribution in [3.63, 3.8) is 0 Å². The summed E-state index contributed by atoms with van der Waals surface area (Å²) in [5.41, 5.74) is 5.70. The molecule has 6 heteroatoms. The fourth-order valence-corrected chi connectivity index (χ4v) is 3.69. The number of anilines is 1. The van der Waals surface area contributed by atoms with E-state index >= 15 is 0 Å². The average molecular weight is 386 g/mol. The van der Waals surface area contributed by atoms with Crippen molar-refractivity contribution in [2.75, 3.05) is 5.32 Å². The Morgan fingerprint density at radius 2 is 1.76 bits per heavy atom. The second-order valence-corrected chi connectivity index (χ2v) is 7.16. The van der Waals surface area contributed by atoms with E-state index in [0.29, 0.717) is 24.1 Å². The molecule has 2 aromatic carbocycles. The van der Waals surface area contributed by atoms with Crippen LogP contribution >= 0.6 is 0 Å². The monoisotopic (exact) mass is 386 g/mol. The van der Waals surface area contributed by atoms with Gasteiger partial charge in [-0.05, 0) is 57.0 Å². The lowest BCUT2D eigenvalue weighted by atomic mass is 10.1. The number of hydrogen-bond donors (Lipinski definition) is 1. The number of Topliss-reactive ketones (excluding diaryl/α,β-unsaturated/α-hetero) is 1. The quantitative estimate of drug-likeness (QED) is 0.520. The molecule has 0 saturated heterocycles. The van der Waals surface area contributed by atoms with Gasteiger partial charge in [-0.3, -0.25) is 9.59 Å². The van der Waals surface area contributed by atoms with Crippen LogP contribution in [0, 0.1) is 13.8 Å². The molecule has 146 valence electrons. The molecule has 1 N–H and O–H groups in total. The van der Waals surface area contributed by atoms with Crippen molar-refractivity contribution < 1.29 is 9.59 Å². The highest BCUT2D eigenvalue weighted by atomic mass is 16.1. The molecule has 0 unspecified atom stereocenters. The van der Waals surface area contributed by atoms with Crippen LogP contribution in [0.25, 0.3) is 16.6 Å². The van der Waals surface area contributed by atoms with Crippen molar-refractivity contribution >= 4 is 33.9 Å². The van der Waals surface area contributed by atoms with E-state index in [-0.39, 0.29) is 11.7 Å². The second kappa shape index (κ2) is 7.47. The number of ketones is 1. The van der Waals surface area contributed by atoms with E-state index in [1.807, 2.05) is 42.6 Å². The normalized spacial score (nSPS) is 11.1. The zero-order chi connectivity index (χ0) is 20.5. The maximum Gasteiger partial charge on any atom is 0.224 e. The van der Waals surface area contributed by atoms with Gasteiger partial charge in [0.25, 0.3) is 0 Å². The van der Waals surface area contributed by atoms with Crippen LogP contribution in [0.2, 0.25) is 0 Å². The van der Waals surface area contributed by atoms with E-state index in [9.17, 15) is 9.59 Å². The van der Waals surface area contributed by atoms with E-state index in [2.05, 4.69) is 10.4 Å². The van der Waals surface area contributed by atoms with Crippen LogP contribution in [0.15, 0.2) is 48.5 Å². The van der Waals surface area contributed by atoms with Crippen LogP contribution in [-0.2, 0) is 11.2 Å². The molecular weight excluding hydrogens is 364 g/mol. The van der Waals surface area contributed by atoms with Crippen molar-refractivity contribution in [1.82, 2.24) is 14.6 Å². The summed E-state index contributed by atoms with van der Waals surface area (Å²) in [6.07, 6.45) is 0.840. The molecule has 0 atom stereocenters. The summed E-state index contributed by atoms with van der Waals surface area (Å²) in [7, 11) is 0. The van der Waals surface area contributed by atoms with Crippen molar-refractivity contribution in [2.45, 2.75) is 33.6 Å². The summed E-state index contributed by atoms with van der Waals surface area (Å²) in [5, 5.41) is 8.53. The van der Waals surface area contributed by atoms with Gasteiger partial charge < -0.3 is 5.32 Å². The summed E-state index contributed by atoms with van der Waals surface area (Å²) in [6.45, 7) is 5.46. The Kier molecular flexibility index (Phi) is 4.84. The molecule has 0 fully saturated rings. The molecule has 4 aromatic rings. The van der Waals surface area contributed by atoms with E-state index in [0.717, 1.165) is 33.5 Å². The smallest absolute Gasteiger partial charge is 0.224 e. The molecule has 0 bridgehead atoms. The maximum absolute atomic E-state index is 12.5. The number of benzene rings is 2. The zero-order valence-corrected chi connectivity index (χ0v) is 16.7. The van der Waals surface area contributed by atoms with E-state index in [4.69, 9.17) is 4.98 Å². The Balaban J connectivity index is 1.58. The summed E-state index contributed by atoms with van der Waals surface area (Å²) in [5.74, 6) is -0.212. The van der Waals surface area contributed by atoms with Gasteiger partial charge in [-0.15, -0.1) is 0 Å². The molecule has 1 amide bonds. The molecule has 0 aliphatic carbocycles. The molecule has 0 aliphatic rings. The summed E-state index contributed by atoms with van der Waals surface area (Å²) < 4.78 is 1.86. The minimum absolute atomic E-state index is 0.0759. The number of amides is 1. The Hall–Kier alpha value is -3.54. The summed E-state index contributed by atoms with van der Waals surface area (Å²) in [6, 6.07) is 15.0. The second-order valence-electron chi connectivity index (χ2n) is 7.16. The van der Waals surface area contributed by atoms with Gasteiger partial charge in [0.2, 0.25) is 5.91 Å². The molecule has 0 radical (unpaired) electrons.